The molecular formula is C29H28F3N5O2. The van der Waals surface area contributed by atoms with Crippen LogP contribution in [0.2, 0.25) is 0 Å². The Kier molecular flexibility index (Phi) is 7.85. The van der Waals surface area contributed by atoms with Crippen LogP contribution in [0.5, 0.6) is 5.75 Å². The van der Waals surface area contributed by atoms with Gasteiger partial charge in [0, 0.05) is 54.9 Å². The molecule has 0 amide bonds. The van der Waals surface area contributed by atoms with Gasteiger partial charge in [-0.3, -0.25) is 9.78 Å². The number of amidine groups is 1. The molecule has 39 heavy (non-hydrogen) atoms. The summed E-state index contributed by atoms with van der Waals surface area (Å²) in [6, 6.07) is 11.3. The Bertz CT molecular complexity index is 1620. The molecule has 0 fully saturated rings. The Morgan fingerprint density at radius 2 is 1.95 bits per heavy atom. The van der Waals surface area contributed by atoms with Crippen LogP contribution in [0.4, 0.5) is 13.2 Å². The van der Waals surface area contributed by atoms with Gasteiger partial charge in [-0.1, -0.05) is 18.7 Å². The Balaban J connectivity index is 1.71. The van der Waals surface area contributed by atoms with E-state index in [1.807, 2.05) is 51.0 Å². The predicted molar refractivity (Wildman–Crippen MR) is 145 cm³/mol. The molecular weight excluding hydrogens is 507 g/mol. The van der Waals surface area contributed by atoms with Crippen LogP contribution in [0.25, 0.3) is 10.9 Å². The monoisotopic (exact) mass is 535 g/mol. The van der Waals surface area contributed by atoms with Crippen molar-refractivity contribution in [1.29, 1.82) is 0 Å². The van der Waals surface area contributed by atoms with E-state index in [0.717, 1.165) is 38.7 Å². The van der Waals surface area contributed by atoms with Crippen LogP contribution in [-0.2, 0) is 19.3 Å². The van der Waals surface area contributed by atoms with Crippen molar-refractivity contribution in [2.45, 2.75) is 33.2 Å². The zero-order chi connectivity index (χ0) is 28.3. The summed E-state index contributed by atoms with van der Waals surface area (Å²) in [5.41, 5.74) is 1.88. The maximum absolute atomic E-state index is 13.3. The van der Waals surface area contributed by atoms with Crippen molar-refractivity contribution >= 4 is 16.7 Å². The van der Waals surface area contributed by atoms with E-state index in [4.69, 9.17) is 9.72 Å². The maximum Gasteiger partial charge on any atom is 0.421 e. The summed E-state index contributed by atoms with van der Waals surface area (Å²) < 4.78 is 47.1. The molecule has 0 spiro atoms. The number of aliphatic imine (C=N–C) groups is 1. The summed E-state index contributed by atoms with van der Waals surface area (Å²) in [6.07, 6.45) is -0.380. The molecule has 3 aromatic heterocycles. The highest BCUT2D eigenvalue weighted by molar-refractivity contribution is 6.10. The van der Waals surface area contributed by atoms with Crippen molar-refractivity contribution in [2.24, 2.45) is 4.99 Å². The lowest BCUT2D eigenvalue weighted by atomic mass is 10.1. The van der Waals surface area contributed by atoms with E-state index >= 15 is 0 Å². The molecule has 0 bridgehead atoms. The molecule has 4 rings (SSSR count). The standard InChI is InChI=1S/C29H28F3N5O2/c1-6-33-27(36(4)5)21-15-19(3)35-26-20(21)9-7-11-25(26)39-17-22-18(2)12-13-34-24(22)16-37-14-8-10-23(28(37)38)29(30,31)32/h6-15H,1,16-17H2,2-5H3. The SMILES string of the molecule is C=CN=C(c1cc(C)nc2c(OCc3c(C)ccnc3Cn3cccc(C(F)(F)F)c3=O)cccc12)N(C)C. The number of ether oxygens (including phenoxy) is 1. The number of fused-ring (bicyclic) bond motifs is 1. The summed E-state index contributed by atoms with van der Waals surface area (Å²) in [5.74, 6) is 1.24. The molecule has 0 aliphatic rings. The average molecular weight is 536 g/mol. The number of para-hydroxylation sites is 1. The summed E-state index contributed by atoms with van der Waals surface area (Å²) in [4.78, 5) is 27.9. The van der Waals surface area contributed by atoms with Gasteiger partial charge >= 0.3 is 6.18 Å². The van der Waals surface area contributed by atoms with E-state index in [9.17, 15) is 18.0 Å². The van der Waals surface area contributed by atoms with Crippen LogP contribution in [0.3, 0.4) is 0 Å². The summed E-state index contributed by atoms with van der Waals surface area (Å²) in [5, 5.41) is 0.839. The van der Waals surface area contributed by atoms with E-state index in [1.165, 1.54) is 18.5 Å². The smallest absolute Gasteiger partial charge is 0.421 e. The molecule has 202 valence electrons. The fraction of sp³-hybridized carbons (Fsp3) is 0.241. The second-order valence-corrected chi connectivity index (χ2v) is 9.19. The molecule has 0 radical (unpaired) electrons. The normalized spacial score (nSPS) is 12.0. The van der Waals surface area contributed by atoms with Gasteiger partial charge in [0.05, 0.1) is 12.2 Å². The third-order valence-electron chi connectivity index (χ3n) is 6.21. The molecule has 0 saturated heterocycles. The first-order valence-corrected chi connectivity index (χ1v) is 12.1. The molecule has 7 nitrogen and oxygen atoms in total. The van der Waals surface area contributed by atoms with E-state index in [0.29, 0.717) is 22.5 Å². The first kappa shape index (κ1) is 27.6. The number of aryl methyl sites for hydroxylation is 2. The highest BCUT2D eigenvalue weighted by Crippen LogP contribution is 2.30. The van der Waals surface area contributed by atoms with Gasteiger partial charge in [0.25, 0.3) is 5.56 Å². The second kappa shape index (κ2) is 11.1. The van der Waals surface area contributed by atoms with E-state index in [2.05, 4.69) is 16.6 Å². The van der Waals surface area contributed by atoms with Gasteiger partial charge in [-0.2, -0.15) is 13.2 Å². The minimum absolute atomic E-state index is 0.0775. The first-order valence-electron chi connectivity index (χ1n) is 12.1. The van der Waals surface area contributed by atoms with Crippen molar-refractivity contribution in [3.63, 3.8) is 0 Å². The van der Waals surface area contributed by atoms with Gasteiger partial charge in [-0.15, -0.1) is 0 Å². The number of nitrogens with zero attached hydrogens (tertiary/aromatic N) is 5. The summed E-state index contributed by atoms with van der Waals surface area (Å²) in [7, 11) is 3.79. The van der Waals surface area contributed by atoms with Crippen LogP contribution in [0, 0.1) is 13.8 Å². The van der Waals surface area contributed by atoms with Crippen LogP contribution in [0.1, 0.15) is 33.6 Å². The zero-order valence-corrected chi connectivity index (χ0v) is 22.1. The largest absolute Gasteiger partial charge is 0.487 e. The van der Waals surface area contributed by atoms with Crippen LogP contribution < -0.4 is 10.3 Å². The molecule has 0 aliphatic carbocycles. The van der Waals surface area contributed by atoms with Gasteiger partial charge in [0.15, 0.2) is 0 Å². The van der Waals surface area contributed by atoms with Gasteiger partial charge < -0.3 is 14.2 Å². The molecule has 0 atom stereocenters. The van der Waals surface area contributed by atoms with Crippen molar-refractivity contribution < 1.29 is 17.9 Å². The molecule has 10 heteroatoms. The number of halogens is 3. The summed E-state index contributed by atoms with van der Waals surface area (Å²) >= 11 is 0. The highest BCUT2D eigenvalue weighted by Gasteiger charge is 2.34. The molecule has 0 N–H and O–H groups in total. The Labute approximate surface area is 223 Å². The van der Waals surface area contributed by atoms with Gasteiger partial charge in [-0.05, 0) is 49.7 Å². The van der Waals surface area contributed by atoms with Gasteiger partial charge in [0.1, 0.15) is 29.3 Å². The number of pyridine rings is 3. The average Bonchev–Trinajstić information content (AvgIpc) is 2.87. The first-order chi connectivity index (χ1) is 18.5. The minimum Gasteiger partial charge on any atom is -0.487 e. The van der Waals surface area contributed by atoms with Crippen molar-refractivity contribution in [2.75, 3.05) is 14.1 Å². The predicted octanol–water partition coefficient (Wildman–Crippen LogP) is 5.51. The maximum atomic E-state index is 13.3. The van der Waals surface area contributed by atoms with Crippen molar-refractivity contribution in [1.82, 2.24) is 19.4 Å². The topological polar surface area (TPSA) is 72.6 Å². The molecule has 0 saturated carbocycles. The quantitative estimate of drug-likeness (QED) is 0.231. The molecule has 4 aromatic rings. The zero-order valence-electron chi connectivity index (χ0n) is 22.1. The summed E-state index contributed by atoms with van der Waals surface area (Å²) in [6.45, 7) is 7.41. The molecule has 0 aliphatic heterocycles. The third kappa shape index (κ3) is 5.84. The molecule has 1 aromatic carbocycles. The lowest BCUT2D eigenvalue weighted by Gasteiger charge is -2.19. The number of hydrogen-bond donors (Lipinski definition) is 0. The van der Waals surface area contributed by atoms with Gasteiger partial charge in [-0.25, -0.2) is 9.98 Å². The van der Waals surface area contributed by atoms with Gasteiger partial charge in [0.2, 0.25) is 0 Å². The van der Waals surface area contributed by atoms with Crippen LogP contribution in [0.15, 0.2) is 77.4 Å². The number of aromatic nitrogens is 3. The Morgan fingerprint density at radius 3 is 2.64 bits per heavy atom. The number of hydrogen-bond acceptors (Lipinski definition) is 5. The van der Waals surface area contributed by atoms with E-state index in [-0.39, 0.29) is 13.2 Å². The van der Waals surface area contributed by atoms with Crippen LogP contribution >= 0.6 is 0 Å². The molecule has 3 heterocycles. The Hall–Kier alpha value is -4.47. The van der Waals surface area contributed by atoms with E-state index < -0.39 is 17.3 Å². The number of alkyl halides is 3. The van der Waals surface area contributed by atoms with E-state index in [1.54, 1.807) is 18.3 Å². The number of rotatable bonds is 7. The lowest BCUT2D eigenvalue weighted by molar-refractivity contribution is -0.138. The molecule has 0 unspecified atom stereocenters. The Morgan fingerprint density at radius 1 is 1.18 bits per heavy atom. The van der Waals surface area contributed by atoms with Crippen molar-refractivity contribution in [3.05, 3.63) is 112 Å². The second-order valence-electron chi connectivity index (χ2n) is 9.19. The minimum atomic E-state index is -4.74. The third-order valence-corrected chi connectivity index (χ3v) is 6.21. The van der Waals surface area contributed by atoms with Crippen LogP contribution in [-0.4, -0.2) is 39.4 Å². The fourth-order valence-corrected chi connectivity index (χ4v) is 4.33. The number of benzene rings is 1. The fourth-order valence-electron chi connectivity index (χ4n) is 4.33. The van der Waals surface area contributed by atoms with Crippen molar-refractivity contribution in [3.8, 4) is 5.75 Å². The lowest BCUT2D eigenvalue weighted by Crippen LogP contribution is -2.29. The highest BCUT2D eigenvalue weighted by atomic mass is 19.4.